The molecule has 1 aliphatic carbocycles. The third-order valence-electron chi connectivity index (χ3n) is 10.6. The van der Waals surface area contributed by atoms with Crippen LogP contribution in [0, 0.1) is 18.8 Å². The molecular weight excluding hydrogens is 746 g/mol. The Bertz CT molecular complexity index is 2440. The van der Waals surface area contributed by atoms with Crippen molar-refractivity contribution in [1.82, 2.24) is 15.0 Å². The van der Waals surface area contributed by atoms with Crippen LogP contribution in [-0.2, 0) is 16.8 Å². The number of hydrogen-bond acceptors (Lipinski definition) is 7. The van der Waals surface area contributed by atoms with Crippen LogP contribution in [0.3, 0.4) is 0 Å². The molecule has 0 fully saturated rings. The number of fused-ring (bicyclic) bond motifs is 2. The van der Waals surface area contributed by atoms with E-state index in [0.717, 1.165) is 57.4 Å². The number of benzene rings is 4. The minimum Gasteiger partial charge on any atom is -0.491 e. The molecule has 0 amide bonds. The van der Waals surface area contributed by atoms with Gasteiger partial charge in [-0.05, 0) is 99.4 Å². The van der Waals surface area contributed by atoms with Crippen LogP contribution in [-0.4, -0.2) is 44.7 Å². The van der Waals surface area contributed by atoms with Gasteiger partial charge in [0.05, 0.1) is 42.1 Å². The van der Waals surface area contributed by atoms with Gasteiger partial charge in [-0.25, -0.2) is 4.98 Å². The van der Waals surface area contributed by atoms with Gasteiger partial charge in [0.15, 0.2) is 0 Å². The lowest BCUT2D eigenvalue weighted by Gasteiger charge is -2.45. The summed E-state index contributed by atoms with van der Waals surface area (Å²) in [4.78, 5) is 12.7. The molecule has 8 heteroatoms. The molecule has 0 radical (unpaired) electrons. The van der Waals surface area contributed by atoms with E-state index in [1.807, 2.05) is 83.3 Å². The number of pyridine rings is 2. The summed E-state index contributed by atoms with van der Waals surface area (Å²) in [5.74, 6) is 1.01. The summed E-state index contributed by atoms with van der Waals surface area (Å²) >= 11 is 0. The average Bonchev–Trinajstić information content (AvgIpc) is 3.84. The molecule has 7 nitrogen and oxygen atoms in total. The summed E-state index contributed by atoms with van der Waals surface area (Å²) in [6.07, 6.45) is 9.86. The summed E-state index contributed by atoms with van der Waals surface area (Å²) < 4.78 is 26.3. The summed E-state index contributed by atoms with van der Waals surface area (Å²) in [5, 5.41) is 7.56. The van der Waals surface area contributed by atoms with Crippen LogP contribution >= 0.6 is 0 Å². The monoisotopic (exact) mass is 797 g/mol. The van der Waals surface area contributed by atoms with Crippen LogP contribution in [0.1, 0.15) is 79.8 Å². The van der Waals surface area contributed by atoms with Gasteiger partial charge in [0.2, 0.25) is 5.95 Å². The van der Waals surface area contributed by atoms with E-state index < -0.39 is 11.5 Å². The second-order valence-corrected chi connectivity index (χ2v) is 15.5. The molecule has 2 atom stereocenters. The van der Waals surface area contributed by atoms with Gasteiger partial charge in [-0.1, -0.05) is 111 Å². The van der Waals surface area contributed by atoms with E-state index in [4.69, 9.17) is 14.6 Å². The van der Waals surface area contributed by atoms with Crippen molar-refractivity contribution in [1.29, 1.82) is 0 Å². The minimum absolute atomic E-state index is 0. The Kier molecular flexibility index (Phi) is 12.5. The predicted octanol–water partition coefficient (Wildman–Crippen LogP) is 11.3. The fourth-order valence-corrected chi connectivity index (χ4v) is 8.21. The Morgan fingerprint density at radius 3 is 1.88 bits per heavy atom. The average molecular weight is 798 g/mol. The number of halogens is 1. The molecular formula is C52H52FN5O2. The highest BCUT2D eigenvalue weighted by Crippen LogP contribution is 2.48. The van der Waals surface area contributed by atoms with Crippen LogP contribution in [0.25, 0.3) is 0 Å². The van der Waals surface area contributed by atoms with Crippen LogP contribution < -0.4 is 4.74 Å². The summed E-state index contributed by atoms with van der Waals surface area (Å²) in [6, 6.07) is 44.9. The zero-order valence-corrected chi connectivity index (χ0v) is 34.0. The molecule has 3 aliphatic rings. The standard InChI is InChI=1S/C34H30FN3O.C17H18N2O.CH4/c1-24(2)39-29-18-19-31-30(23-29)33(25-20-21-36-32(35)22-25)37-38(31)34(26-12-6-3-7-13-26,27-14-8-4-9-15-27)28-16-10-5-11-17-28;1-11(2)20-15-5-4-14-10-19-17(16(14)9-15)13-6-7-18-12(3)8-13;/h3-24,30-31H,1-2H3;4-9,11H,10H2,1-3H3;1H4. The second-order valence-electron chi connectivity index (χ2n) is 15.5. The van der Waals surface area contributed by atoms with Gasteiger partial charge < -0.3 is 9.47 Å². The lowest BCUT2D eigenvalue weighted by Crippen LogP contribution is -2.49. The van der Waals surface area contributed by atoms with E-state index >= 15 is 0 Å². The zero-order valence-electron chi connectivity index (χ0n) is 34.0. The maximum atomic E-state index is 14.4. The molecule has 2 unspecified atom stereocenters. The van der Waals surface area contributed by atoms with Crippen LogP contribution in [0.5, 0.6) is 5.75 Å². The molecule has 304 valence electrons. The van der Waals surface area contributed by atoms with Gasteiger partial charge in [-0.2, -0.15) is 9.49 Å². The van der Waals surface area contributed by atoms with E-state index in [2.05, 4.69) is 123 Å². The minimum atomic E-state index is -0.755. The van der Waals surface area contributed by atoms with Crippen molar-refractivity contribution in [2.75, 3.05) is 0 Å². The number of rotatable bonds is 10. The molecule has 0 spiro atoms. The molecule has 0 saturated heterocycles. The predicted molar refractivity (Wildman–Crippen MR) is 240 cm³/mol. The first kappa shape index (κ1) is 41.5. The smallest absolute Gasteiger partial charge is 0.213 e. The fourth-order valence-electron chi connectivity index (χ4n) is 8.21. The van der Waals surface area contributed by atoms with E-state index in [1.165, 1.54) is 23.4 Å². The first-order chi connectivity index (χ1) is 28.7. The molecule has 0 N–H and O–H groups in total. The normalized spacial score (nSPS) is 16.5. The molecule has 6 aromatic rings. The van der Waals surface area contributed by atoms with Crippen molar-refractivity contribution in [3.63, 3.8) is 0 Å². The number of hydrogen-bond donors (Lipinski definition) is 0. The second kappa shape index (κ2) is 18.1. The number of ether oxygens (including phenoxy) is 2. The lowest BCUT2D eigenvalue weighted by molar-refractivity contribution is 0.126. The van der Waals surface area contributed by atoms with Crippen LogP contribution in [0.4, 0.5) is 4.39 Å². The van der Waals surface area contributed by atoms with Gasteiger partial charge in [-0.3, -0.25) is 15.0 Å². The van der Waals surface area contributed by atoms with Gasteiger partial charge in [0.25, 0.3) is 0 Å². The van der Waals surface area contributed by atoms with E-state index in [1.54, 1.807) is 0 Å². The van der Waals surface area contributed by atoms with Crippen LogP contribution in [0.2, 0.25) is 0 Å². The molecule has 4 aromatic carbocycles. The van der Waals surface area contributed by atoms with Gasteiger partial charge >= 0.3 is 0 Å². The highest BCUT2D eigenvalue weighted by Gasteiger charge is 2.50. The van der Waals surface area contributed by atoms with Gasteiger partial charge in [-0.15, -0.1) is 0 Å². The fraction of sp³-hybridized carbons (Fsp3) is 0.231. The highest BCUT2D eigenvalue weighted by atomic mass is 19.1. The Hall–Kier alpha value is -6.67. The largest absolute Gasteiger partial charge is 0.491 e. The molecule has 2 aliphatic heterocycles. The van der Waals surface area contributed by atoms with Gasteiger partial charge in [0, 0.05) is 40.8 Å². The molecule has 9 rings (SSSR count). The SMILES string of the molecule is C.CC(C)OC1=CC2C(c3ccnc(F)c3)=NN(C(c3ccccc3)(c3ccccc3)c3ccccc3)C2C=C1.Cc1cc(C2=NCc3ccc(OC(C)C)cc32)ccn1. The quantitative estimate of drug-likeness (QED) is 0.102. The van der Waals surface area contributed by atoms with Crippen molar-refractivity contribution in [2.24, 2.45) is 16.0 Å². The topological polar surface area (TPSA) is 72.2 Å². The number of nitrogens with zero attached hydrogens (tertiary/aromatic N) is 5. The molecule has 0 saturated carbocycles. The van der Waals surface area contributed by atoms with E-state index in [9.17, 15) is 4.39 Å². The highest BCUT2D eigenvalue weighted by molar-refractivity contribution is 6.15. The van der Waals surface area contributed by atoms with E-state index in [-0.39, 0.29) is 31.6 Å². The number of hydrazone groups is 1. The maximum absolute atomic E-state index is 14.4. The van der Waals surface area contributed by atoms with Crippen molar-refractivity contribution in [2.45, 2.75) is 72.4 Å². The first-order valence-corrected chi connectivity index (χ1v) is 20.2. The molecule has 60 heavy (non-hydrogen) atoms. The lowest BCUT2D eigenvalue weighted by atomic mass is 9.75. The summed E-state index contributed by atoms with van der Waals surface area (Å²) in [7, 11) is 0. The maximum Gasteiger partial charge on any atom is 0.213 e. The van der Waals surface area contributed by atoms with Crippen molar-refractivity contribution >= 4 is 11.4 Å². The zero-order chi connectivity index (χ0) is 40.9. The Morgan fingerprint density at radius 2 is 1.30 bits per heavy atom. The third-order valence-corrected chi connectivity index (χ3v) is 10.6. The van der Waals surface area contributed by atoms with Crippen molar-refractivity contribution in [3.8, 4) is 5.75 Å². The number of aryl methyl sites for hydroxylation is 1. The Balaban J connectivity index is 0.000000218. The Morgan fingerprint density at radius 1 is 0.700 bits per heavy atom. The molecule has 2 aromatic heterocycles. The third kappa shape index (κ3) is 8.41. The summed E-state index contributed by atoms with van der Waals surface area (Å²) in [6.45, 7) is 10.8. The summed E-state index contributed by atoms with van der Waals surface area (Å²) in [5.41, 5.74) is 9.61. The van der Waals surface area contributed by atoms with Crippen molar-refractivity contribution < 1.29 is 13.9 Å². The first-order valence-electron chi connectivity index (χ1n) is 20.2. The van der Waals surface area contributed by atoms with Crippen LogP contribution in [0.15, 0.2) is 180 Å². The van der Waals surface area contributed by atoms with Gasteiger partial charge in [0.1, 0.15) is 17.0 Å². The number of aliphatic imine (C=N–C) groups is 1. The van der Waals surface area contributed by atoms with Crippen molar-refractivity contribution in [3.05, 3.63) is 220 Å². The number of allylic oxidation sites excluding steroid dienone is 1. The molecule has 4 heterocycles. The van der Waals surface area contributed by atoms with E-state index in [0.29, 0.717) is 5.56 Å². The number of aromatic nitrogens is 2. The molecule has 0 bridgehead atoms. The Labute approximate surface area is 353 Å².